The van der Waals surface area contributed by atoms with Gasteiger partial charge in [0, 0.05) is 17.6 Å². The standard InChI is InChI=1S/C7H7BrN2O2/c8-3-5-1-2-6(10-4-5)12-7(9)11/h1-2,4H,3H2,(H2,9,11). The maximum atomic E-state index is 10.3. The Hall–Kier alpha value is -1.10. The van der Waals surface area contributed by atoms with Crippen LogP contribution in [0.4, 0.5) is 4.79 Å². The van der Waals surface area contributed by atoms with Crippen molar-refractivity contribution in [1.82, 2.24) is 4.98 Å². The minimum Gasteiger partial charge on any atom is -0.391 e. The van der Waals surface area contributed by atoms with Crippen LogP contribution in [0.5, 0.6) is 5.88 Å². The van der Waals surface area contributed by atoms with Crippen LogP contribution in [-0.4, -0.2) is 11.1 Å². The number of carbonyl (C=O) groups is 1. The third-order valence-corrected chi connectivity index (χ3v) is 1.80. The van der Waals surface area contributed by atoms with Crippen molar-refractivity contribution in [3.05, 3.63) is 23.9 Å². The summed E-state index contributed by atoms with van der Waals surface area (Å²) in [4.78, 5) is 14.1. The lowest BCUT2D eigenvalue weighted by atomic mass is 10.3. The Kier molecular flexibility index (Phi) is 3.04. The van der Waals surface area contributed by atoms with Gasteiger partial charge in [0.2, 0.25) is 5.88 Å². The van der Waals surface area contributed by atoms with Crippen molar-refractivity contribution in [3.8, 4) is 5.88 Å². The van der Waals surface area contributed by atoms with Crippen molar-refractivity contribution in [3.63, 3.8) is 0 Å². The second-order valence-electron chi connectivity index (χ2n) is 2.06. The Bertz CT molecular complexity index is 273. The van der Waals surface area contributed by atoms with Gasteiger partial charge in [-0.25, -0.2) is 9.78 Å². The molecule has 0 unspecified atom stereocenters. The van der Waals surface area contributed by atoms with Crippen molar-refractivity contribution in [1.29, 1.82) is 0 Å². The summed E-state index contributed by atoms with van der Waals surface area (Å²) in [6, 6.07) is 3.38. The van der Waals surface area contributed by atoms with E-state index in [2.05, 4.69) is 25.7 Å². The molecule has 1 aromatic heterocycles. The number of nitrogens with two attached hydrogens (primary N) is 1. The van der Waals surface area contributed by atoms with Gasteiger partial charge in [-0.2, -0.15) is 0 Å². The van der Waals surface area contributed by atoms with Crippen molar-refractivity contribution < 1.29 is 9.53 Å². The Morgan fingerprint density at radius 3 is 2.83 bits per heavy atom. The van der Waals surface area contributed by atoms with Gasteiger partial charge in [0.25, 0.3) is 0 Å². The first-order valence-corrected chi connectivity index (χ1v) is 4.32. The molecule has 0 saturated carbocycles. The van der Waals surface area contributed by atoms with E-state index in [4.69, 9.17) is 5.73 Å². The second-order valence-corrected chi connectivity index (χ2v) is 2.62. The maximum Gasteiger partial charge on any atom is 0.411 e. The van der Waals surface area contributed by atoms with E-state index in [0.717, 1.165) is 10.9 Å². The highest BCUT2D eigenvalue weighted by Crippen LogP contribution is 2.09. The zero-order valence-corrected chi connectivity index (χ0v) is 7.74. The topological polar surface area (TPSA) is 65.2 Å². The van der Waals surface area contributed by atoms with Gasteiger partial charge in [-0.15, -0.1) is 0 Å². The van der Waals surface area contributed by atoms with E-state index in [1.54, 1.807) is 18.3 Å². The molecule has 4 nitrogen and oxygen atoms in total. The fourth-order valence-corrected chi connectivity index (χ4v) is 0.985. The van der Waals surface area contributed by atoms with E-state index in [0.29, 0.717) is 0 Å². The van der Waals surface area contributed by atoms with Crippen molar-refractivity contribution in [2.45, 2.75) is 5.33 Å². The number of primary amides is 1. The first-order valence-electron chi connectivity index (χ1n) is 3.20. The normalized spacial score (nSPS) is 9.42. The van der Waals surface area contributed by atoms with E-state index in [-0.39, 0.29) is 5.88 Å². The number of hydrogen-bond donors (Lipinski definition) is 1. The van der Waals surface area contributed by atoms with Crippen molar-refractivity contribution >= 4 is 22.0 Å². The van der Waals surface area contributed by atoms with Crippen molar-refractivity contribution in [2.75, 3.05) is 0 Å². The van der Waals surface area contributed by atoms with E-state index in [9.17, 15) is 4.79 Å². The highest BCUT2D eigenvalue weighted by atomic mass is 79.9. The first-order chi connectivity index (χ1) is 5.72. The van der Waals surface area contributed by atoms with Gasteiger partial charge >= 0.3 is 6.09 Å². The number of halogens is 1. The monoisotopic (exact) mass is 230 g/mol. The van der Waals surface area contributed by atoms with Gasteiger partial charge in [0.05, 0.1) is 0 Å². The summed E-state index contributed by atoms with van der Waals surface area (Å²) in [5, 5.41) is 0.719. The maximum absolute atomic E-state index is 10.3. The highest BCUT2D eigenvalue weighted by Gasteiger charge is 1.98. The molecule has 0 radical (unpaired) electrons. The Labute approximate surface area is 77.9 Å². The number of alkyl halides is 1. The molecule has 0 bridgehead atoms. The predicted molar refractivity (Wildman–Crippen MR) is 47.1 cm³/mol. The van der Waals surface area contributed by atoms with E-state index in [1.807, 2.05) is 0 Å². The van der Waals surface area contributed by atoms with Crippen LogP contribution in [-0.2, 0) is 5.33 Å². The summed E-state index contributed by atoms with van der Waals surface area (Å²) in [5.41, 5.74) is 5.79. The van der Waals surface area contributed by atoms with Crippen LogP contribution < -0.4 is 10.5 Å². The average molecular weight is 231 g/mol. The molecular weight excluding hydrogens is 224 g/mol. The molecule has 1 amide bonds. The average Bonchev–Trinajstić information content (AvgIpc) is 2.05. The summed E-state index contributed by atoms with van der Waals surface area (Å²) >= 11 is 3.26. The highest BCUT2D eigenvalue weighted by molar-refractivity contribution is 9.08. The van der Waals surface area contributed by atoms with Crippen LogP contribution in [0.3, 0.4) is 0 Å². The Morgan fingerprint density at radius 2 is 2.42 bits per heavy atom. The Morgan fingerprint density at radius 1 is 1.67 bits per heavy atom. The fraction of sp³-hybridized carbons (Fsp3) is 0.143. The molecule has 5 heteroatoms. The van der Waals surface area contributed by atoms with Crippen LogP contribution in [0.2, 0.25) is 0 Å². The van der Waals surface area contributed by atoms with Gasteiger partial charge in [-0.3, -0.25) is 0 Å². The summed E-state index contributed by atoms with van der Waals surface area (Å²) < 4.78 is 4.53. The molecule has 1 rings (SSSR count). The lowest BCUT2D eigenvalue weighted by Crippen LogP contribution is -2.16. The summed E-state index contributed by atoms with van der Waals surface area (Å²) in [5.74, 6) is 0.215. The zero-order valence-electron chi connectivity index (χ0n) is 6.16. The number of carbonyl (C=O) groups excluding carboxylic acids is 1. The molecule has 0 aliphatic heterocycles. The minimum absolute atomic E-state index is 0.215. The van der Waals surface area contributed by atoms with E-state index >= 15 is 0 Å². The molecule has 2 N–H and O–H groups in total. The molecule has 0 saturated heterocycles. The molecule has 0 atom stereocenters. The SMILES string of the molecule is NC(=O)Oc1ccc(CBr)cn1. The van der Waals surface area contributed by atoms with Gasteiger partial charge in [-0.1, -0.05) is 22.0 Å². The Balaban J connectivity index is 2.71. The molecule has 0 aromatic carbocycles. The third kappa shape index (κ3) is 2.50. The third-order valence-electron chi connectivity index (χ3n) is 1.16. The number of pyridine rings is 1. The van der Waals surface area contributed by atoms with E-state index in [1.165, 1.54) is 0 Å². The van der Waals surface area contributed by atoms with Crippen LogP contribution >= 0.6 is 15.9 Å². The predicted octanol–water partition coefficient (Wildman–Crippen LogP) is 1.43. The molecule has 1 aromatic rings. The molecule has 0 spiro atoms. The van der Waals surface area contributed by atoms with Crippen molar-refractivity contribution in [2.24, 2.45) is 5.73 Å². The molecule has 1 heterocycles. The van der Waals surface area contributed by atoms with Crippen LogP contribution in [0.25, 0.3) is 0 Å². The molecular formula is C7H7BrN2O2. The number of amides is 1. The quantitative estimate of drug-likeness (QED) is 0.783. The number of aromatic nitrogens is 1. The smallest absolute Gasteiger partial charge is 0.391 e. The lowest BCUT2D eigenvalue weighted by Gasteiger charge is -1.99. The van der Waals surface area contributed by atoms with Crippen LogP contribution in [0.1, 0.15) is 5.56 Å². The first kappa shape index (κ1) is 8.99. The van der Waals surface area contributed by atoms with Gasteiger partial charge in [-0.05, 0) is 5.56 Å². The van der Waals surface area contributed by atoms with Gasteiger partial charge < -0.3 is 10.5 Å². The summed E-state index contributed by atoms with van der Waals surface area (Å²) in [6.45, 7) is 0. The van der Waals surface area contributed by atoms with E-state index < -0.39 is 6.09 Å². The molecule has 0 fully saturated rings. The lowest BCUT2D eigenvalue weighted by molar-refractivity contribution is 0.209. The zero-order chi connectivity index (χ0) is 8.97. The summed E-state index contributed by atoms with van der Waals surface area (Å²) in [7, 11) is 0. The fourth-order valence-electron chi connectivity index (χ4n) is 0.653. The van der Waals surface area contributed by atoms with Gasteiger partial charge in [0.1, 0.15) is 0 Å². The molecule has 0 aliphatic rings. The summed E-state index contributed by atoms with van der Waals surface area (Å²) in [6.07, 6.45) is 0.751. The minimum atomic E-state index is -0.853. The number of ether oxygens (including phenoxy) is 1. The second kappa shape index (κ2) is 4.06. The largest absolute Gasteiger partial charge is 0.411 e. The molecule has 0 aliphatic carbocycles. The van der Waals surface area contributed by atoms with Gasteiger partial charge in [0.15, 0.2) is 0 Å². The number of rotatable bonds is 2. The molecule has 12 heavy (non-hydrogen) atoms. The number of nitrogens with zero attached hydrogens (tertiary/aromatic N) is 1. The van der Waals surface area contributed by atoms with Crippen LogP contribution in [0, 0.1) is 0 Å². The van der Waals surface area contributed by atoms with Crippen LogP contribution in [0.15, 0.2) is 18.3 Å². The number of hydrogen-bond acceptors (Lipinski definition) is 3. The molecule has 64 valence electrons.